The van der Waals surface area contributed by atoms with E-state index in [-0.39, 0.29) is 17.9 Å². The van der Waals surface area contributed by atoms with E-state index in [0.29, 0.717) is 11.3 Å². The van der Waals surface area contributed by atoms with Crippen LogP contribution in [0.25, 0.3) is 0 Å². The van der Waals surface area contributed by atoms with Gasteiger partial charge in [0.25, 0.3) is 5.91 Å². The number of nitrogens with zero attached hydrogens (tertiary/aromatic N) is 5. The molecular formula is C22H16F5N7O2. The third kappa shape index (κ3) is 5.54. The smallest absolute Gasteiger partial charge is 0.435 e. The van der Waals surface area contributed by atoms with Crippen LogP contribution in [-0.4, -0.2) is 38.3 Å². The van der Waals surface area contributed by atoms with Gasteiger partial charge in [-0.05, 0) is 36.4 Å². The number of amidine groups is 1. The van der Waals surface area contributed by atoms with Crippen molar-refractivity contribution in [3.05, 3.63) is 77.1 Å². The Morgan fingerprint density at radius 1 is 1.19 bits per heavy atom. The summed E-state index contributed by atoms with van der Waals surface area (Å²) in [5.41, 5.74) is 1.08. The van der Waals surface area contributed by atoms with E-state index in [4.69, 9.17) is 0 Å². The summed E-state index contributed by atoms with van der Waals surface area (Å²) in [5, 5.41) is 18.9. The highest BCUT2D eigenvalue weighted by Gasteiger charge is 2.39. The van der Waals surface area contributed by atoms with Crippen LogP contribution >= 0.6 is 0 Å². The first-order chi connectivity index (χ1) is 17.0. The van der Waals surface area contributed by atoms with Gasteiger partial charge in [-0.2, -0.15) is 28.4 Å². The van der Waals surface area contributed by atoms with E-state index in [1.807, 2.05) is 0 Å². The molecule has 1 aliphatic heterocycles. The average molecular weight is 505 g/mol. The van der Waals surface area contributed by atoms with Crippen LogP contribution in [0.5, 0.6) is 5.75 Å². The van der Waals surface area contributed by atoms with Crippen LogP contribution in [0.4, 0.5) is 27.6 Å². The maximum atomic E-state index is 13.7. The van der Waals surface area contributed by atoms with E-state index in [0.717, 1.165) is 35.1 Å². The number of rotatable bonds is 3. The minimum absolute atomic E-state index is 0.00293. The van der Waals surface area contributed by atoms with Crippen LogP contribution in [-0.2, 0) is 13.2 Å². The molecule has 0 fully saturated rings. The molecule has 186 valence electrons. The molecule has 0 radical (unpaired) electrons. The first-order valence-corrected chi connectivity index (χ1v) is 10.1. The number of benzene rings is 2. The van der Waals surface area contributed by atoms with Gasteiger partial charge < -0.3 is 5.11 Å². The third-order valence-corrected chi connectivity index (χ3v) is 4.79. The van der Waals surface area contributed by atoms with Crippen molar-refractivity contribution in [3.63, 3.8) is 0 Å². The van der Waals surface area contributed by atoms with Crippen molar-refractivity contribution in [2.75, 3.05) is 0 Å². The number of phenols is 1. The molecule has 0 bridgehead atoms. The zero-order valence-corrected chi connectivity index (χ0v) is 18.3. The number of alkyl halides is 3. The minimum Gasteiger partial charge on any atom is -0.505 e. The summed E-state index contributed by atoms with van der Waals surface area (Å²) in [5.74, 6) is -3.59. The normalized spacial score (nSPS) is 15.1. The first kappa shape index (κ1) is 24.5. The number of aromatic hydroxyl groups is 1. The Hall–Kier alpha value is -4.62. The molecule has 4 rings (SSSR count). The Morgan fingerprint density at radius 2 is 1.97 bits per heavy atom. The second-order valence-electron chi connectivity index (χ2n) is 7.50. The van der Waals surface area contributed by atoms with Gasteiger partial charge in [0.05, 0.1) is 23.4 Å². The van der Waals surface area contributed by atoms with Crippen LogP contribution in [0.1, 0.15) is 28.0 Å². The zero-order valence-electron chi connectivity index (χ0n) is 18.3. The molecule has 9 nitrogen and oxygen atoms in total. The standard InChI is InChI=1S/C22H16F5N7O2/c1-34-10-14(19(33-34)22(25,26)27)20(36)30-21(28-13-4-2-3-12(23)8-13)29-18-9-16(31-32-18)11-5-6-17(35)15(24)7-11/h2-8,10,35H,9H2,1H3,(H2,28,29,30,32,36). The lowest BCUT2D eigenvalue weighted by atomic mass is 10.1. The Balaban J connectivity index is 1.64. The van der Waals surface area contributed by atoms with Crippen molar-refractivity contribution in [1.82, 2.24) is 20.5 Å². The number of guanidine groups is 1. The van der Waals surface area contributed by atoms with Crippen LogP contribution < -0.4 is 10.7 Å². The maximum absolute atomic E-state index is 13.7. The molecule has 14 heteroatoms. The van der Waals surface area contributed by atoms with E-state index in [1.165, 1.54) is 25.2 Å². The SMILES string of the molecule is Cn1cc(C(=O)NC(N=C2CC(c3ccc(O)c(F)c3)=NN2)=Nc2cccc(F)c2)c(C(F)(F)F)n1. The fraction of sp³-hybridized carbons (Fsp3) is 0.136. The number of aryl methyl sites for hydroxylation is 1. The van der Waals surface area contributed by atoms with Crippen LogP contribution in [0.15, 0.2) is 63.7 Å². The topological polar surface area (TPSA) is 116 Å². The highest BCUT2D eigenvalue weighted by atomic mass is 19.4. The zero-order chi connectivity index (χ0) is 26.0. The highest BCUT2D eigenvalue weighted by Crippen LogP contribution is 2.30. The second kappa shape index (κ2) is 9.56. The summed E-state index contributed by atoms with van der Waals surface area (Å²) < 4.78 is 68.1. The molecule has 0 saturated heterocycles. The molecule has 0 spiro atoms. The second-order valence-corrected chi connectivity index (χ2v) is 7.50. The summed E-state index contributed by atoms with van der Waals surface area (Å²) in [4.78, 5) is 20.9. The summed E-state index contributed by atoms with van der Waals surface area (Å²) in [6.07, 6.45) is -4.00. The number of hydrazone groups is 1. The van der Waals surface area contributed by atoms with Gasteiger partial charge in [0, 0.05) is 18.8 Å². The molecule has 3 aromatic rings. The lowest BCUT2D eigenvalue weighted by Gasteiger charge is -2.08. The van der Waals surface area contributed by atoms with Gasteiger partial charge in [-0.1, -0.05) is 6.07 Å². The quantitative estimate of drug-likeness (QED) is 0.286. The molecule has 1 amide bonds. The molecular weight excluding hydrogens is 489 g/mol. The van der Waals surface area contributed by atoms with E-state index < -0.39 is 46.7 Å². The fourth-order valence-corrected chi connectivity index (χ4v) is 3.20. The van der Waals surface area contributed by atoms with Crippen LogP contribution in [0, 0.1) is 11.6 Å². The maximum Gasteiger partial charge on any atom is 0.435 e. The van der Waals surface area contributed by atoms with Crippen LogP contribution in [0.2, 0.25) is 0 Å². The molecule has 0 unspecified atom stereocenters. The van der Waals surface area contributed by atoms with Crippen molar-refractivity contribution in [2.45, 2.75) is 12.6 Å². The molecule has 1 aliphatic rings. The molecule has 0 saturated carbocycles. The van der Waals surface area contributed by atoms with E-state index in [1.54, 1.807) is 0 Å². The summed E-state index contributed by atoms with van der Waals surface area (Å²) in [7, 11) is 1.22. The van der Waals surface area contributed by atoms with Gasteiger partial charge in [-0.3, -0.25) is 20.2 Å². The van der Waals surface area contributed by atoms with Gasteiger partial charge in [0.1, 0.15) is 11.7 Å². The molecule has 1 aromatic heterocycles. The molecule has 36 heavy (non-hydrogen) atoms. The number of hydrogen-bond donors (Lipinski definition) is 3. The third-order valence-electron chi connectivity index (χ3n) is 4.79. The van der Waals surface area contributed by atoms with E-state index in [9.17, 15) is 31.9 Å². The predicted molar refractivity (Wildman–Crippen MR) is 119 cm³/mol. The minimum atomic E-state index is -4.89. The number of halogens is 5. The van der Waals surface area contributed by atoms with Crippen molar-refractivity contribution < 1.29 is 31.9 Å². The fourth-order valence-electron chi connectivity index (χ4n) is 3.20. The lowest BCUT2D eigenvalue weighted by molar-refractivity contribution is -0.141. The van der Waals surface area contributed by atoms with Gasteiger partial charge >= 0.3 is 6.18 Å². The Bertz CT molecular complexity index is 1430. The van der Waals surface area contributed by atoms with Gasteiger partial charge in [-0.25, -0.2) is 13.8 Å². The number of aromatic nitrogens is 2. The van der Waals surface area contributed by atoms with Crippen molar-refractivity contribution >= 4 is 29.1 Å². The van der Waals surface area contributed by atoms with Crippen molar-refractivity contribution in [1.29, 1.82) is 0 Å². The van der Waals surface area contributed by atoms with Gasteiger partial charge in [-0.15, -0.1) is 0 Å². The summed E-state index contributed by atoms with van der Waals surface area (Å²) in [6.45, 7) is 0. The molecule has 0 aliphatic carbocycles. The number of carbonyl (C=O) groups is 1. The Labute approximate surface area is 199 Å². The van der Waals surface area contributed by atoms with Gasteiger partial charge in [0.15, 0.2) is 17.3 Å². The van der Waals surface area contributed by atoms with Gasteiger partial charge in [0.2, 0.25) is 5.96 Å². The number of aliphatic imine (C=N–C) groups is 2. The average Bonchev–Trinajstić information content (AvgIpc) is 3.42. The van der Waals surface area contributed by atoms with E-state index in [2.05, 4.69) is 30.9 Å². The number of carbonyl (C=O) groups excluding carboxylic acids is 1. The number of nitrogens with one attached hydrogen (secondary N) is 2. The molecule has 0 atom stereocenters. The van der Waals surface area contributed by atoms with Crippen molar-refractivity contribution in [2.24, 2.45) is 22.1 Å². The number of phenolic OH excluding ortho intramolecular Hbond substituents is 1. The Morgan fingerprint density at radius 3 is 2.67 bits per heavy atom. The largest absolute Gasteiger partial charge is 0.505 e. The number of hydrogen-bond acceptors (Lipinski definition) is 5. The predicted octanol–water partition coefficient (Wildman–Crippen LogP) is 3.64. The molecule has 2 heterocycles. The van der Waals surface area contributed by atoms with Crippen molar-refractivity contribution in [3.8, 4) is 5.75 Å². The van der Waals surface area contributed by atoms with E-state index >= 15 is 0 Å². The highest BCUT2D eigenvalue weighted by molar-refractivity contribution is 6.18. The monoisotopic (exact) mass is 505 g/mol. The molecule has 3 N–H and O–H groups in total. The van der Waals surface area contributed by atoms with Crippen LogP contribution in [0.3, 0.4) is 0 Å². The molecule has 2 aromatic carbocycles. The Kier molecular flexibility index (Phi) is 6.51. The number of amides is 1. The summed E-state index contributed by atoms with van der Waals surface area (Å²) >= 11 is 0. The summed E-state index contributed by atoms with van der Waals surface area (Å²) in [6, 6.07) is 8.55. The lowest BCUT2D eigenvalue weighted by Crippen LogP contribution is -2.32. The first-order valence-electron chi connectivity index (χ1n) is 10.1.